The minimum atomic E-state index is -3.65. The largest absolute Gasteiger partial charge is 0.359 e. The Balaban J connectivity index is 1.79. The molecule has 1 fully saturated rings. The quantitative estimate of drug-likeness (QED) is 0.598. The summed E-state index contributed by atoms with van der Waals surface area (Å²) in [6.45, 7) is 2.86. The van der Waals surface area contributed by atoms with Crippen LogP contribution in [0.15, 0.2) is 54.9 Å². The van der Waals surface area contributed by atoms with E-state index in [1.54, 1.807) is 6.20 Å². The Bertz CT molecular complexity index is 1170. The maximum atomic E-state index is 15.6. The predicted octanol–water partition coefficient (Wildman–Crippen LogP) is 4.59. The molecule has 0 radical (unpaired) electrons. The summed E-state index contributed by atoms with van der Waals surface area (Å²) in [5.41, 5.74) is -3.23. The zero-order chi connectivity index (χ0) is 23.3. The predicted molar refractivity (Wildman–Crippen MR) is 109 cm³/mol. The second kappa shape index (κ2) is 7.44. The second-order valence-corrected chi connectivity index (χ2v) is 8.39. The molecule has 1 aliphatic rings. The number of carbonyl (C=O) groups excluding carboxylic acids is 1. The molecule has 3 aromatic rings. The van der Waals surface area contributed by atoms with Crippen molar-refractivity contribution in [3.63, 3.8) is 0 Å². The van der Waals surface area contributed by atoms with Gasteiger partial charge in [0.1, 0.15) is 29.4 Å². The van der Waals surface area contributed by atoms with Crippen molar-refractivity contribution in [2.24, 2.45) is 0 Å². The zero-order valence-corrected chi connectivity index (χ0v) is 17.6. The highest BCUT2D eigenvalue weighted by Gasteiger charge is 2.64. The standard InChI is InChI=1S/C23H21F4N3O2/c1-21(2)23(26,27)22(3,29-20(31)13-32-21)18-10-14(4-9-19(18)25)15-11-28-30(12-15)17-7-5-16(24)6-8-17/h4-12H,13H2,1-3H3,(H,29,31). The van der Waals surface area contributed by atoms with Crippen LogP contribution < -0.4 is 5.32 Å². The Morgan fingerprint density at radius 1 is 1.03 bits per heavy atom. The van der Waals surface area contributed by atoms with E-state index in [1.807, 2.05) is 0 Å². The summed E-state index contributed by atoms with van der Waals surface area (Å²) >= 11 is 0. The number of carbonyl (C=O) groups is 1. The molecular weight excluding hydrogens is 426 g/mol. The van der Waals surface area contributed by atoms with E-state index in [-0.39, 0.29) is 5.56 Å². The number of rotatable bonds is 3. The van der Waals surface area contributed by atoms with Gasteiger partial charge in [0, 0.05) is 17.3 Å². The molecule has 1 amide bonds. The van der Waals surface area contributed by atoms with E-state index >= 15 is 8.78 Å². The van der Waals surface area contributed by atoms with Crippen LogP contribution >= 0.6 is 0 Å². The molecule has 0 bridgehead atoms. The normalized spacial score (nSPS) is 22.3. The van der Waals surface area contributed by atoms with Crippen LogP contribution in [0, 0.1) is 11.6 Å². The van der Waals surface area contributed by atoms with Crippen LogP contribution in [0.2, 0.25) is 0 Å². The fourth-order valence-electron chi connectivity index (χ4n) is 3.86. The number of nitrogens with one attached hydrogen (secondary N) is 1. The van der Waals surface area contributed by atoms with Gasteiger partial charge in [-0.2, -0.15) is 5.10 Å². The Labute approximate surface area is 182 Å². The van der Waals surface area contributed by atoms with Crippen LogP contribution in [0.3, 0.4) is 0 Å². The van der Waals surface area contributed by atoms with Crippen LogP contribution in [0.25, 0.3) is 16.8 Å². The monoisotopic (exact) mass is 447 g/mol. The van der Waals surface area contributed by atoms with Crippen molar-refractivity contribution in [2.75, 3.05) is 6.61 Å². The third-order valence-electron chi connectivity index (χ3n) is 5.85. The van der Waals surface area contributed by atoms with Gasteiger partial charge in [-0.25, -0.2) is 22.2 Å². The molecule has 1 N–H and O–H groups in total. The number of benzene rings is 2. The molecule has 1 aliphatic heterocycles. The lowest BCUT2D eigenvalue weighted by Gasteiger charge is -2.43. The topological polar surface area (TPSA) is 56.1 Å². The third kappa shape index (κ3) is 3.46. The highest BCUT2D eigenvalue weighted by molar-refractivity contribution is 5.79. The van der Waals surface area contributed by atoms with Crippen molar-refractivity contribution in [2.45, 2.75) is 37.8 Å². The lowest BCUT2D eigenvalue weighted by atomic mass is 9.77. The zero-order valence-electron chi connectivity index (χ0n) is 17.6. The molecule has 1 unspecified atom stereocenters. The van der Waals surface area contributed by atoms with Gasteiger partial charge in [-0.3, -0.25) is 4.79 Å². The number of amides is 1. The Morgan fingerprint density at radius 3 is 2.41 bits per heavy atom. The summed E-state index contributed by atoms with van der Waals surface area (Å²) in [7, 11) is 0. The molecule has 32 heavy (non-hydrogen) atoms. The van der Waals surface area contributed by atoms with Gasteiger partial charge in [0.2, 0.25) is 5.91 Å². The molecule has 2 heterocycles. The molecule has 0 aliphatic carbocycles. The van der Waals surface area contributed by atoms with Crippen LogP contribution in [0.4, 0.5) is 17.6 Å². The van der Waals surface area contributed by atoms with Gasteiger partial charge in [0.05, 0.1) is 11.9 Å². The Hall–Kier alpha value is -3.20. The maximum Gasteiger partial charge on any atom is 0.302 e. The number of halogens is 4. The van der Waals surface area contributed by atoms with E-state index in [1.165, 1.54) is 61.1 Å². The average Bonchev–Trinajstić information content (AvgIpc) is 3.21. The first-order valence-electron chi connectivity index (χ1n) is 9.88. The Morgan fingerprint density at radius 2 is 1.72 bits per heavy atom. The highest BCUT2D eigenvalue weighted by atomic mass is 19.3. The van der Waals surface area contributed by atoms with Crippen molar-refractivity contribution < 1.29 is 27.1 Å². The Kier molecular flexibility index (Phi) is 5.12. The van der Waals surface area contributed by atoms with Crippen LogP contribution in [-0.2, 0) is 15.1 Å². The lowest BCUT2D eigenvalue weighted by Crippen LogP contribution is -2.62. The maximum absolute atomic E-state index is 15.6. The van der Waals surface area contributed by atoms with E-state index in [0.29, 0.717) is 16.8 Å². The highest BCUT2D eigenvalue weighted by Crippen LogP contribution is 2.48. The van der Waals surface area contributed by atoms with Gasteiger partial charge in [-0.15, -0.1) is 0 Å². The number of alkyl halides is 2. The number of hydrogen-bond acceptors (Lipinski definition) is 3. The molecule has 0 spiro atoms. The number of ether oxygens (including phenoxy) is 1. The van der Waals surface area contributed by atoms with E-state index < -0.39 is 41.2 Å². The summed E-state index contributed by atoms with van der Waals surface area (Å²) < 4.78 is 65.8. The van der Waals surface area contributed by atoms with Gasteiger partial charge >= 0.3 is 5.92 Å². The first-order valence-corrected chi connectivity index (χ1v) is 9.88. The SMILES string of the molecule is CC1(C)OCC(=O)NC(C)(c2cc(-c3cnn(-c4ccc(F)cc4)c3)ccc2F)C1(F)F. The number of nitrogens with zero attached hydrogens (tertiary/aromatic N) is 2. The first-order chi connectivity index (χ1) is 14.9. The third-order valence-corrected chi connectivity index (χ3v) is 5.85. The summed E-state index contributed by atoms with van der Waals surface area (Å²) in [6.07, 6.45) is 3.10. The van der Waals surface area contributed by atoms with E-state index in [2.05, 4.69) is 10.4 Å². The van der Waals surface area contributed by atoms with Gasteiger partial charge < -0.3 is 10.1 Å². The molecule has 5 nitrogen and oxygen atoms in total. The minimum Gasteiger partial charge on any atom is -0.359 e. The number of aromatic nitrogens is 2. The summed E-state index contributed by atoms with van der Waals surface area (Å²) in [4.78, 5) is 12.2. The molecule has 9 heteroatoms. The summed E-state index contributed by atoms with van der Waals surface area (Å²) in [6, 6.07) is 9.43. The smallest absolute Gasteiger partial charge is 0.302 e. The van der Waals surface area contributed by atoms with Gasteiger partial charge in [0.25, 0.3) is 0 Å². The molecule has 1 saturated heterocycles. The van der Waals surface area contributed by atoms with Crippen molar-refractivity contribution in [3.05, 3.63) is 72.1 Å². The molecule has 1 atom stereocenters. The fourth-order valence-corrected chi connectivity index (χ4v) is 3.86. The van der Waals surface area contributed by atoms with Gasteiger partial charge in [0.15, 0.2) is 0 Å². The first kappa shape index (κ1) is 22.0. The molecule has 0 saturated carbocycles. The fraction of sp³-hybridized carbons (Fsp3) is 0.304. The number of hydrogen-bond donors (Lipinski definition) is 1. The van der Waals surface area contributed by atoms with E-state index in [9.17, 15) is 13.6 Å². The van der Waals surface area contributed by atoms with E-state index in [4.69, 9.17) is 4.74 Å². The van der Waals surface area contributed by atoms with Crippen molar-refractivity contribution in [1.82, 2.24) is 15.1 Å². The molecule has 2 aromatic carbocycles. The van der Waals surface area contributed by atoms with Crippen molar-refractivity contribution >= 4 is 5.91 Å². The average molecular weight is 447 g/mol. The van der Waals surface area contributed by atoms with Crippen LogP contribution in [0.5, 0.6) is 0 Å². The minimum absolute atomic E-state index is 0.374. The van der Waals surface area contributed by atoms with E-state index in [0.717, 1.165) is 13.0 Å². The molecule has 4 rings (SSSR count). The van der Waals surface area contributed by atoms with Crippen LogP contribution in [0.1, 0.15) is 26.3 Å². The van der Waals surface area contributed by atoms with Crippen molar-refractivity contribution in [3.8, 4) is 16.8 Å². The second-order valence-electron chi connectivity index (χ2n) is 8.39. The summed E-state index contributed by atoms with van der Waals surface area (Å²) in [5, 5.41) is 6.48. The molecule has 168 valence electrons. The van der Waals surface area contributed by atoms with Gasteiger partial charge in [-0.1, -0.05) is 6.07 Å². The van der Waals surface area contributed by atoms with Crippen LogP contribution in [-0.4, -0.2) is 33.8 Å². The van der Waals surface area contributed by atoms with Crippen molar-refractivity contribution in [1.29, 1.82) is 0 Å². The lowest BCUT2D eigenvalue weighted by molar-refractivity contribution is -0.216. The molecular formula is C23H21F4N3O2. The summed E-state index contributed by atoms with van der Waals surface area (Å²) in [5.74, 6) is -5.70. The molecule has 1 aromatic heterocycles. The van der Waals surface area contributed by atoms with Gasteiger partial charge in [-0.05, 0) is 62.7 Å².